The monoisotopic (exact) mass is 295 g/mol. The number of amides is 1. The molecule has 2 rings (SSSR count). The second-order valence-electron chi connectivity index (χ2n) is 6.24. The molecule has 0 aliphatic carbocycles. The van der Waals surface area contributed by atoms with E-state index in [1.807, 2.05) is 6.92 Å². The fourth-order valence-corrected chi connectivity index (χ4v) is 2.46. The molecular formula is C14H21N3O4. The van der Waals surface area contributed by atoms with Crippen molar-refractivity contribution in [2.75, 3.05) is 6.54 Å². The van der Waals surface area contributed by atoms with Gasteiger partial charge in [-0.15, -0.1) is 0 Å². The van der Waals surface area contributed by atoms with Crippen LogP contribution in [0.3, 0.4) is 0 Å². The molecule has 0 unspecified atom stereocenters. The molecule has 1 aliphatic heterocycles. The molecule has 1 atom stereocenters. The normalized spacial score (nSPS) is 18.3. The van der Waals surface area contributed by atoms with E-state index in [4.69, 9.17) is 4.74 Å². The molecule has 0 saturated heterocycles. The third-order valence-corrected chi connectivity index (χ3v) is 3.44. The van der Waals surface area contributed by atoms with Gasteiger partial charge in [0.15, 0.2) is 5.69 Å². The van der Waals surface area contributed by atoms with Crippen LogP contribution in [-0.4, -0.2) is 44.4 Å². The number of hydrogen-bond donors (Lipinski definition) is 2. The molecule has 2 N–H and O–H groups in total. The standard InChI is InChI=1S/C14H21N3O4/c1-5-8-6-17(13(20)21-14(2,3)4)7-9-10(8)15-16-11(9)12(18)19/h8H,5-7H2,1-4H3,(H,15,16)(H,18,19)/t8-/m1/s1. The summed E-state index contributed by atoms with van der Waals surface area (Å²) in [7, 11) is 0. The SMILES string of the molecule is CC[C@@H]1CN(C(=O)OC(C)(C)C)Cc2c(C(=O)O)n[nH]c21. The molecule has 116 valence electrons. The average Bonchev–Trinajstić information content (AvgIpc) is 2.79. The van der Waals surface area contributed by atoms with Crippen molar-refractivity contribution >= 4 is 12.1 Å². The van der Waals surface area contributed by atoms with E-state index in [9.17, 15) is 14.7 Å². The Morgan fingerprint density at radius 3 is 2.67 bits per heavy atom. The van der Waals surface area contributed by atoms with Gasteiger partial charge in [0.25, 0.3) is 0 Å². The number of nitrogens with zero attached hydrogens (tertiary/aromatic N) is 2. The zero-order chi connectivity index (χ0) is 15.8. The lowest BCUT2D eigenvalue weighted by atomic mass is 9.93. The number of aromatic amines is 1. The number of aromatic nitrogens is 2. The number of carboxylic acid groups (broad SMARTS) is 1. The lowest BCUT2D eigenvalue weighted by Crippen LogP contribution is -2.41. The summed E-state index contributed by atoms with van der Waals surface area (Å²) >= 11 is 0. The number of carboxylic acids is 1. The predicted molar refractivity (Wildman–Crippen MR) is 75.2 cm³/mol. The van der Waals surface area contributed by atoms with Crippen molar-refractivity contribution in [1.29, 1.82) is 0 Å². The third-order valence-electron chi connectivity index (χ3n) is 3.44. The minimum Gasteiger partial charge on any atom is -0.476 e. The van der Waals surface area contributed by atoms with E-state index in [-0.39, 0.29) is 18.2 Å². The highest BCUT2D eigenvalue weighted by molar-refractivity contribution is 5.87. The quantitative estimate of drug-likeness (QED) is 0.873. The molecule has 0 radical (unpaired) electrons. The van der Waals surface area contributed by atoms with E-state index in [1.165, 1.54) is 0 Å². The van der Waals surface area contributed by atoms with Crippen LogP contribution in [0.1, 0.15) is 61.8 Å². The number of rotatable bonds is 2. The Morgan fingerprint density at radius 1 is 1.48 bits per heavy atom. The van der Waals surface area contributed by atoms with Crippen molar-refractivity contribution in [2.45, 2.75) is 52.2 Å². The number of carbonyl (C=O) groups is 2. The van der Waals surface area contributed by atoms with Gasteiger partial charge in [0.1, 0.15) is 5.60 Å². The van der Waals surface area contributed by atoms with E-state index >= 15 is 0 Å². The van der Waals surface area contributed by atoms with Crippen LogP contribution in [0.2, 0.25) is 0 Å². The van der Waals surface area contributed by atoms with E-state index in [0.29, 0.717) is 12.1 Å². The van der Waals surface area contributed by atoms with E-state index in [1.54, 1.807) is 25.7 Å². The molecule has 7 heteroatoms. The highest BCUT2D eigenvalue weighted by atomic mass is 16.6. The maximum Gasteiger partial charge on any atom is 0.410 e. The molecular weight excluding hydrogens is 274 g/mol. The van der Waals surface area contributed by atoms with Gasteiger partial charge < -0.3 is 14.7 Å². The number of aromatic carboxylic acids is 1. The number of hydrogen-bond acceptors (Lipinski definition) is 4. The lowest BCUT2D eigenvalue weighted by Gasteiger charge is -2.33. The molecule has 7 nitrogen and oxygen atoms in total. The third kappa shape index (κ3) is 3.17. The van der Waals surface area contributed by atoms with Crippen LogP contribution < -0.4 is 0 Å². The Hall–Kier alpha value is -2.05. The molecule has 0 spiro atoms. The topological polar surface area (TPSA) is 95.5 Å². The molecule has 0 saturated carbocycles. The van der Waals surface area contributed by atoms with Gasteiger partial charge in [-0.2, -0.15) is 5.10 Å². The van der Waals surface area contributed by atoms with Crippen LogP contribution in [0.5, 0.6) is 0 Å². The molecule has 1 aromatic rings. The molecule has 2 heterocycles. The first kappa shape index (κ1) is 15.3. The predicted octanol–water partition coefficient (Wildman–Crippen LogP) is 2.35. The zero-order valence-electron chi connectivity index (χ0n) is 12.8. The van der Waals surface area contributed by atoms with Gasteiger partial charge in [0.2, 0.25) is 0 Å². The van der Waals surface area contributed by atoms with Gasteiger partial charge in [-0.05, 0) is 27.2 Å². The van der Waals surface area contributed by atoms with Gasteiger partial charge in [0.05, 0.1) is 6.54 Å². The van der Waals surface area contributed by atoms with Gasteiger partial charge >= 0.3 is 12.1 Å². The van der Waals surface area contributed by atoms with Crippen molar-refractivity contribution < 1.29 is 19.4 Å². The zero-order valence-corrected chi connectivity index (χ0v) is 12.8. The summed E-state index contributed by atoms with van der Waals surface area (Å²) in [5, 5.41) is 15.9. The van der Waals surface area contributed by atoms with Gasteiger partial charge in [0, 0.05) is 23.7 Å². The van der Waals surface area contributed by atoms with E-state index in [2.05, 4.69) is 10.2 Å². The van der Waals surface area contributed by atoms with Crippen LogP contribution >= 0.6 is 0 Å². The molecule has 0 aromatic carbocycles. The van der Waals surface area contributed by atoms with Crippen LogP contribution in [0, 0.1) is 0 Å². The molecule has 1 aromatic heterocycles. The summed E-state index contributed by atoms with van der Waals surface area (Å²) in [5.74, 6) is -1.05. The second kappa shape index (κ2) is 5.38. The van der Waals surface area contributed by atoms with Crippen LogP contribution in [0.25, 0.3) is 0 Å². The number of H-pyrrole nitrogens is 1. The van der Waals surface area contributed by atoms with Crippen LogP contribution in [0.4, 0.5) is 4.79 Å². The Kier molecular flexibility index (Phi) is 3.93. The smallest absolute Gasteiger partial charge is 0.410 e. The maximum absolute atomic E-state index is 12.2. The number of carbonyl (C=O) groups excluding carboxylic acids is 1. The first-order valence-electron chi connectivity index (χ1n) is 7.01. The van der Waals surface area contributed by atoms with Crippen molar-refractivity contribution in [3.05, 3.63) is 17.0 Å². The highest BCUT2D eigenvalue weighted by Gasteiger charge is 2.34. The minimum atomic E-state index is -1.09. The fourth-order valence-electron chi connectivity index (χ4n) is 2.46. The van der Waals surface area contributed by atoms with Crippen molar-refractivity contribution in [2.24, 2.45) is 0 Å². The van der Waals surface area contributed by atoms with Gasteiger partial charge in [-0.1, -0.05) is 6.92 Å². The van der Waals surface area contributed by atoms with Crippen LogP contribution in [0.15, 0.2) is 0 Å². The number of nitrogens with one attached hydrogen (secondary N) is 1. The maximum atomic E-state index is 12.2. The first-order valence-corrected chi connectivity index (χ1v) is 7.01. The molecule has 0 fully saturated rings. The summed E-state index contributed by atoms with van der Waals surface area (Å²) in [5.41, 5.74) is 0.795. The highest BCUT2D eigenvalue weighted by Crippen LogP contribution is 2.31. The summed E-state index contributed by atoms with van der Waals surface area (Å²) < 4.78 is 5.37. The van der Waals surface area contributed by atoms with Crippen LogP contribution in [-0.2, 0) is 11.3 Å². The summed E-state index contributed by atoms with van der Waals surface area (Å²) in [6.45, 7) is 8.11. The Labute approximate surface area is 123 Å². The summed E-state index contributed by atoms with van der Waals surface area (Å²) in [4.78, 5) is 25.0. The van der Waals surface area contributed by atoms with Gasteiger partial charge in [-0.25, -0.2) is 9.59 Å². The van der Waals surface area contributed by atoms with Crippen molar-refractivity contribution in [3.63, 3.8) is 0 Å². The van der Waals surface area contributed by atoms with E-state index < -0.39 is 17.7 Å². The average molecular weight is 295 g/mol. The molecule has 21 heavy (non-hydrogen) atoms. The van der Waals surface area contributed by atoms with Gasteiger partial charge in [-0.3, -0.25) is 5.10 Å². The van der Waals surface area contributed by atoms with Crippen molar-refractivity contribution in [1.82, 2.24) is 15.1 Å². The lowest BCUT2D eigenvalue weighted by molar-refractivity contribution is 0.0201. The van der Waals surface area contributed by atoms with E-state index in [0.717, 1.165) is 12.1 Å². The number of fused-ring (bicyclic) bond motifs is 1. The Bertz CT molecular complexity index is 559. The summed E-state index contributed by atoms with van der Waals surface area (Å²) in [6, 6.07) is 0. The molecule has 0 bridgehead atoms. The molecule has 1 aliphatic rings. The molecule has 1 amide bonds. The second-order valence-corrected chi connectivity index (χ2v) is 6.24. The Balaban J connectivity index is 2.28. The Morgan fingerprint density at radius 2 is 2.14 bits per heavy atom. The fraction of sp³-hybridized carbons (Fsp3) is 0.643. The number of ether oxygens (including phenoxy) is 1. The minimum absolute atomic E-state index is 0.0169. The van der Waals surface area contributed by atoms with Crippen molar-refractivity contribution in [3.8, 4) is 0 Å². The largest absolute Gasteiger partial charge is 0.476 e. The summed E-state index contributed by atoms with van der Waals surface area (Å²) in [6.07, 6.45) is 0.359. The first-order chi connectivity index (χ1) is 9.73.